The van der Waals surface area contributed by atoms with Crippen LogP contribution >= 0.6 is 0 Å². The lowest BCUT2D eigenvalue weighted by atomic mass is 9.87. The van der Waals surface area contributed by atoms with E-state index in [1.54, 1.807) is 24.3 Å². The molecule has 1 aromatic heterocycles. The van der Waals surface area contributed by atoms with Crippen molar-refractivity contribution in [3.05, 3.63) is 77.0 Å². The fraction of sp³-hybridized carbons (Fsp3) is 0.276. The average molecular weight is 630 g/mol. The molecule has 1 atom stereocenters. The van der Waals surface area contributed by atoms with Crippen LogP contribution in [0.3, 0.4) is 0 Å². The number of nitrogens with two attached hydrogens (primary N) is 1. The summed E-state index contributed by atoms with van der Waals surface area (Å²) in [6.07, 6.45) is 0.715. The zero-order chi connectivity index (χ0) is 33.4. The molecule has 0 aliphatic heterocycles. The molecule has 8 N–H and O–H groups in total. The molecular formula is C29H35N5O9S. The summed E-state index contributed by atoms with van der Waals surface area (Å²) in [5, 5.41) is 32.6. The first-order valence-electron chi connectivity index (χ1n) is 12.9. The number of rotatable bonds is 9. The number of benzene rings is 2. The molecule has 0 radical (unpaired) electrons. The van der Waals surface area contributed by atoms with Crippen molar-refractivity contribution < 1.29 is 42.3 Å². The molecule has 2 amide bonds. The van der Waals surface area contributed by atoms with Crippen LogP contribution in [-0.2, 0) is 10.1 Å². The van der Waals surface area contributed by atoms with Crippen LogP contribution < -0.4 is 21.1 Å². The first-order chi connectivity index (χ1) is 20.3. The van der Waals surface area contributed by atoms with Gasteiger partial charge in [0.05, 0.1) is 31.6 Å². The first-order valence-corrected chi connectivity index (χ1v) is 14.7. The minimum Gasteiger partial charge on any atom is -0.481 e. The molecule has 1 heterocycles. The van der Waals surface area contributed by atoms with E-state index in [2.05, 4.69) is 15.6 Å². The number of nitrogens with zero attached hydrogens (tertiary/aromatic N) is 1. The van der Waals surface area contributed by atoms with Gasteiger partial charge in [-0.2, -0.15) is 8.42 Å². The maximum absolute atomic E-state index is 13.3. The van der Waals surface area contributed by atoms with E-state index in [0.29, 0.717) is 17.5 Å². The SMILES string of the molecule is COc1ccc(-c2ccc(C(=O)NC(CO)C(C)(C)C)cc2C(=O)O)c(C(=O)Nc2ccc(C(=N)N)cc2)n1.CS(=O)(=O)O. The van der Waals surface area contributed by atoms with Crippen molar-refractivity contribution in [3.8, 4) is 17.0 Å². The van der Waals surface area contributed by atoms with Gasteiger partial charge >= 0.3 is 5.97 Å². The predicted octanol–water partition coefficient (Wildman–Crippen LogP) is 2.63. The minimum atomic E-state index is -3.67. The van der Waals surface area contributed by atoms with Crippen LogP contribution in [0.15, 0.2) is 54.6 Å². The topological polar surface area (TPSA) is 242 Å². The maximum Gasteiger partial charge on any atom is 0.336 e. The summed E-state index contributed by atoms with van der Waals surface area (Å²) in [6.45, 7) is 5.30. The number of methoxy groups -OCH3 is 1. The van der Waals surface area contributed by atoms with Gasteiger partial charge in [0.25, 0.3) is 21.9 Å². The number of nitrogens with one attached hydrogen (secondary N) is 3. The highest BCUT2D eigenvalue weighted by atomic mass is 32.2. The number of hydrogen-bond donors (Lipinski definition) is 7. The van der Waals surface area contributed by atoms with Gasteiger partial charge in [0, 0.05) is 28.4 Å². The zero-order valence-electron chi connectivity index (χ0n) is 24.7. The van der Waals surface area contributed by atoms with Gasteiger partial charge in [0.1, 0.15) is 11.5 Å². The number of anilines is 1. The van der Waals surface area contributed by atoms with E-state index < -0.39 is 39.4 Å². The zero-order valence-corrected chi connectivity index (χ0v) is 25.5. The van der Waals surface area contributed by atoms with E-state index in [9.17, 15) is 33.0 Å². The van der Waals surface area contributed by atoms with Crippen LogP contribution in [0.25, 0.3) is 11.1 Å². The molecule has 0 aliphatic carbocycles. The number of aromatic carboxylic acids is 1. The molecule has 3 rings (SSSR count). The Kier molecular flexibility index (Phi) is 11.7. The number of carboxylic acids is 1. The highest BCUT2D eigenvalue weighted by molar-refractivity contribution is 7.85. The standard InChI is InChI=1S/C28H31N5O6.CH4O3S/c1-28(2,3)21(14-34)32-25(35)16-7-10-18(20(13-16)27(37)38)19-11-12-22(39-4)33-23(19)26(36)31-17-8-5-15(6-9-17)24(29)30;1-5(2,3)4/h5-13,21,34H,14H2,1-4H3,(H3,29,30)(H,31,36)(H,32,35)(H,37,38);1H3,(H,2,3,4). The predicted molar refractivity (Wildman–Crippen MR) is 164 cm³/mol. The average Bonchev–Trinajstić information content (AvgIpc) is 2.93. The van der Waals surface area contributed by atoms with E-state index in [0.717, 1.165) is 0 Å². The number of amidine groups is 1. The first kappa shape index (κ1) is 35.3. The van der Waals surface area contributed by atoms with Crippen LogP contribution in [0.1, 0.15) is 57.5 Å². The van der Waals surface area contributed by atoms with Gasteiger partial charge in [-0.25, -0.2) is 9.78 Å². The lowest BCUT2D eigenvalue weighted by Gasteiger charge is -2.29. The fourth-order valence-electron chi connectivity index (χ4n) is 3.74. The molecular weight excluding hydrogens is 594 g/mol. The van der Waals surface area contributed by atoms with Gasteiger partial charge in [0.2, 0.25) is 5.88 Å². The van der Waals surface area contributed by atoms with Gasteiger partial charge in [-0.15, -0.1) is 0 Å². The third-order valence-electron chi connectivity index (χ3n) is 6.08. The Labute approximate surface area is 254 Å². The summed E-state index contributed by atoms with van der Waals surface area (Å²) < 4.78 is 31.0. The summed E-state index contributed by atoms with van der Waals surface area (Å²) in [6, 6.07) is 12.9. The number of hydrogen-bond acceptors (Lipinski definition) is 9. The molecule has 0 bridgehead atoms. The van der Waals surface area contributed by atoms with Crippen molar-refractivity contribution >= 4 is 39.4 Å². The fourth-order valence-corrected chi connectivity index (χ4v) is 3.74. The molecule has 3 aromatic rings. The summed E-state index contributed by atoms with van der Waals surface area (Å²) in [4.78, 5) is 42.7. The smallest absolute Gasteiger partial charge is 0.336 e. The normalized spacial score (nSPS) is 11.8. The maximum atomic E-state index is 13.3. The van der Waals surface area contributed by atoms with Crippen LogP contribution in [0.2, 0.25) is 0 Å². The van der Waals surface area contributed by atoms with Crippen molar-refractivity contribution in [2.24, 2.45) is 11.1 Å². The molecule has 0 saturated carbocycles. The summed E-state index contributed by atoms with van der Waals surface area (Å²) in [5.74, 6) is -2.46. The molecule has 236 valence electrons. The van der Waals surface area contributed by atoms with E-state index in [4.69, 9.17) is 20.4 Å². The van der Waals surface area contributed by atoms with E-state index in [1.807, 2.05) is 20.8 Å². The monoisotopic (exact) mass is 629 g/mol. The number of pyridine rings is 1. The highest BCUT2D eigenvalue weighted by Crippen LogP contribution is 2.30. The number of aliphatic hydroxyl groups is 1. The second-order valence-electron chi connectivity index (χ2n) is 10.6. The highest BCUT2D eigenvalue weighted by Gasteiger charge is 2.27. The number of nitrogen functional groups attached to an aromatic ring is 1. The van der Waals surface area contributed by atoms with Crippen molar-refractivity contribution in [3.63, 3.8) is 0 Å². The molecule has 0 spiro atoms. The molecule has 0 saturated heterocycles. The Morgan fingerprint density at radius 2 is 1.55 bits per heavy atom. The number of carbonyl (C=O) groups is 3. The number of carboxylic acid groups (broad SMARTS) is 1. The Morgan fingerprint density at radius 1 is 1.00 bits per heavy atom. The summed E-state index contributed by atoms with van der Waals surface area (Å²) >= 11 is 0. The van der Waals surface area contributed by atoms with Crippen molar-refractivity contribution in [1.82, 2.24) is 10.3 Å². The van der Waals surface area contributed by atoms with E-state index >= 15 is 0 Å². The van der Waals surface area contributed by atoms with Crippen LogP contribution in [0.5, 0.6) is 5.88 Å². The van der Waals surface area contributed by atoms with Crippen LogP contribution in [-0.4, -0.2) is 77.8 Å². The minimum absolute atomic E-state index is 0.0804. The molecule has 2 aromatic carbocycles. The molecule has 15 heteroatoms. The van der Waals surface area contributed by atoms with Gasteiger partial charge in [-0.05, 0) is 53.4 Å². The van der Waals surface area contributed by atoms with Crippen LogP contribution in [0, 0.1) is 10.8 Å². The van der Waals surface area contributed by atoms with Gasteiger partial charge in [-0.1, -0.05) is 26.8 Å². The quantitative estimate of drug-likeness (QED) is 0.103. The molecule has 0 fully saturated rings. The molecule has 44 heavy (non-hydrogen) atoms. The van der Waals surface area contributed by atoms with Crippen LogP contribution in [0.4, 0.5) is 5.69 Å². The Bertz CT molecular complexity index is 1640. The van der Waals surface area contributed by atoms with E-state index in [-0.39, 0.29) is 46.3 Å². The van der Waals surface area contributed by atoms with Gasteiger partial charge in [-0.3, -0.25) is 19.6 Å². The largest absolute Gasteiger partial charge is 0.481 e. The summed E-state index contributed by atoms with van der Waals surface area (Å²) in [5.41, 5.74) is 6.08. The number of carbonyl (C=O) groups excluding carboxylic acids is 2. The number of ether oxygens (including phenoxy) is 1. The Morgan fingerprint density at radius 3 is 2.02 bits per heavy atom. The molecule has 0 aliphatic rings. The second kappa shape index (κ2) is 14.5. The van der Waals surface area contributed by atoms with Crippen molar-refractivity contribution in [2.75, 3.05) is 25.3 Å². The summed E-state index contributed by atoms with van der Waals surface area (Å²) in [7, 11) is -2.28. The molecule has 14 nitrogen and oxygen atoms in total. The van der Waals surface area contributed by atoms with Crippen molar-refractivity contribution in [1.29, 1.82) is 5.41 Å². The van der Waals surface area contributed by atoms with Gasteiger partial charge < -0.3 is 31.3 Å². The number of amides is 2. The van der Waals surface area contributed by atoms with Gasteiger partial charge in [0.15, 0.2) is 0 Å². The third-order valence-corrected chi connectivity index (χ3v) is 6.08. The number of aliphatic hydroxyl groups excluding tert-OH is 1. The lowest BCUT2D eigenvalue weighted by molar-refractivity contribution is 0.0697. The van der Waals surface area contributed by atoms with Crippen molar-refractivity contribution in [2.45, 2.75) is 26.8 Å². The number of aromatic nitrogens is 1. The third kappa shape index (κ3) is 10.1. The Hall–Kier alpha value is -4.86. The van der Waals surface area contributed by atoms with E-state index in [1.165, 1.54) is 37.4 Å². The second-order valence-corrected chi connectivity index (χ2v) is 12.0. The Balaban J connectivity index is 0.00000125. The molecule has 1 unspecified atom stereocenters. The lowest BCUT2D eigenvalue weighted by Crippen LogP contribution is -2.46.